The summed E-state index contributed by atoms with van der Waals surface area (Å²) in [5.74, 6) is 0.127. The molecule has 0 aromatic heterocycles. The second-order valence-electron chi connectivity index (χ2n) is 4.50. The van der Waals surface area contributed by atoms with E-state index in [4.69, 9.17) is 0 Å². The summed E-state index contributed by atoms with van der Waals surface area (Å²) in [4.78, 5) is 13.9. The van der Waals surface area contributed by atoms with Gasteiger partial charge in [0.1, 0.15) is 0 Å². The van der Waals surface area contributed by atoms with Gasteiger partial charge in [0.15, 0.2) is 0 Å². The SMILES string of the molecule is CN(Cc1ccccc1Br)C(=O)Cc1ccccc1. The minimum absolute atomic E-state index is 0.127. The van der Waals surface area contributed by atoms with Crippen LogP contribution in [-0.2, 0) is 17.8 Å². The first-order valence-corrected chi connectivity index (χ1v) is 6.97. The van der Waals surface area contributed by atoms with Crippen molar-refractivity contribution >= 4 is 21.8 Å². The van der Waals surface area contributed by atoms with Crippen molar-refractivity contribution in [2.75, 3.05) is 7.05 Å². The van der Waals surface area contributed by atoms with Crippen molar-refractivity contribution < 1.29 is 4.79 Å². The van der Waals surface area contributed by atoms with Crippen molar-refractivity contribution in [3.8, 4) is 0 Å². The molecule has 2 aromatic carbocycles. The molecule has 0 bridgehead atoms. The first-order chi connectivity index (χ1) is 9.16. The Morgan fingerprint density at radius 1 is 1.05 bits per heavy atom. The number of halogens is 1. The van der Waals surface area contributed by atoms with Crippen LogP contribution >= 0.6 is 15.9 Å². The van der Waals surface area contributed by atoms with Crippen molar-refractivity contribution in [2.45, 2.75) is 13.0 Å². The van der Waals surface area contributed by atoms with Gasteiger partial charge in [-0.2, -0.15) is 0 Å². The Morgan fingerprint density at radius 3 is 2.37 bits per heavy atom. The lowest BCUT2D eigenvalue weighted by Crippen LogP contribution is -2.27. The lowest BCUT2D eigenvalue weighted by Gasteiger charge is -2.18. The molecule has 0 aliphatic carbocycles. The summed E-state index contributed by atoms with van der Waals surface area (Å²) >= 11 is 3.50. The number of amides is 1. The van der Waals surface area contributed by atoms with Crippen LogP contribution < -0.4 is 0 Å². The predicted octanol–water partition coefficient (Wildman–Crippen LogP) is 3.65. The number of hydrogen-bond donors (Lipinski definition) is 0. The molecule has 98 valence electrons. The third kappa shape index (κ3) is 3.93. The molecule has 2 rings (SSSR count). The van der Waals surface area contributed by atoms with Crippen LogP contribution in [0.4, 0.5) is 0 Å². The predicted molar refractivity (Wildman–Crippen MR) is 80.8 cm³/mol. The standard InChI is InChI=1S/C16H16BrNO/c1-18(12-14-9-5-6-10-15(14)17)16(19)11-13-7-3-2-4-8-13/h2-10H,11-12H2,1H3. The maximum atomic E-state index is 12.1. The van der Waals surface area contributed by atoms with E-state index in [0.29, 0.717) is 13.0 Å². The van der Waals surface area contributed by atoms with Crippen LogP contribution in [0.15, 0.2) is 59.1 Å². The molecule has 0 saturated carbocycles. The smallest absolute Gasteiger partial charge is 0.227 e. The highest BCUT2D eigenvalue weighted by molar-refractivity contribution is 9.10. The van der Waals surface area contributed by atoms with Crippen molar-refractivity contribution in [3.05, 3.63) is 70.2 Å². The quantitative estimate of drug-likeness (QED) is 0.843. The van der Waals surface area contributed by atoms with Gasteiger partial charge in [0.25, 0.3) is 0 Å². The van der Waals surface area contributed by atoms with Gasteiger partial charge in [-0.3, -0.25) is 4.79 Å². The Hall–Kier alpha value is -1.61. The second-order valence-corrected chi connectivity index (χ2v) is 5.36. The fraction of sp³-hybridized carbons (Fsp3) is 0.188. The van der Waals surface area contributed by atoms with Crippen LogP contribution in [0, 0.1) is 0 Å². The van der Waals surface area contributed by atoms with Gasteiger partial charge in [-0.05, 0) is 17.2 Å². The molecule has 2 nitrogen and oxygen atoms in total. The highest BCUT2D eigenvalue weighted by atomic mass is 79.9. The Kier molecular flexibility index (Phi) is 4.74. The van der Waals surface area contributed by atoms with E-state index in [0.717, 1.165) is 15.6 Å². The molecule has 0 heterocycles. The number of nitrogens with zero attached hydrogens (tertiary/aromatic N) is 1. The molecule has 0 spiro atoms. The summed E-state index contributed by atoms with van der Waals surface area (Å²) in [5.41, 5.74) is 2.16. The zero-order valence-electron chi connectivity index (χ0n) is 10.8. The number of rotatable bonds is 4. The van der Waals surface area contributed by atoms with E-state index in [9.17, 15) is 4.79 Å². The molecule has 0 radical (unpaired) electrons. The van der Waals surface area contributed by atoms with Crippen LogP contribution in [0.2, 0.25) is 0 Å². The lowest BCUT2D eigenvalue weighted by atomic mass is 10.1. The molecule has 0 unspecified atom stereocenters. The first kappa shape index (κ1) is 13.8. The molecule has 3 heteroatoms. The topological polar surface area (TPSA) is 20.3 Å². The minimum Gasteiger partial charge on any atom is -0.341 e. The number of carbonyl (C=O) groups excluding carboxylic acids is 1. The summed E-state index contributed by atoms with van der Waals surface area (Å²) in [7, 11) is 1.84. The average molecular weight is 318 g/mol. The van der Waals surface area contributed by atoms with Crippen LogP contribution in [0.3, 0.4) is 0 Å². The van der Waals surface area contributed by atoms with Gasteiger partial charge in [-0.15, -0.1) is 0 Å². The van der Waals surface area contributed by atoms with E-state index < -0.39 is 0 Å². The van der Waals surface area contributed by atoms with E-state index in [1.165, 1.54) is 0 Å². The summed E-state index contributed by atoms with van der Waals surface area (Å²) in [6.07, 6.45) is 0.446. The van der Waals surface area contributed by atoms with Crippen molar-refractivity contribution in [1.29, 1.82) is 0 Å². The average Bonchev–Trinajstić information content (AvgIpc) is 2.42. The largest absolute Gasteiger partial charge is 0.341 e. The molecular formula is C16H16BrNO. The van der Waals surface area contributed by atoms with E-state index >= 15 is 0 Å². The molecule has 0 fully saturated rings. The molecule has 1 amide bonds. The summed E-state index contributed by atoms with van der Waals surface area (Å²) in [6.45, 7) is 0.618. The van der Waals surface area contributed by atoms with Crippen molar-refractivity contribution in [3.63, 3.8) is 0 Å². The summed E-state index contributed by atoms with van der Waals surface area (Å²) in [6, 6.07) is 17.8. The van der Waals surface area contributed by atoms with Gasteiger partial charge in [0.05, 0.1) is 6.42 Å². The zero-order valence-corrected chi connectivity index (χ0v) is 12.4. The van der Waals surface area contributed by atoms with Crippen LogP contribution in [0.25, 0.3) is 0 Å². The van der Waals surface area contributed by atoms with Crippen LogP contribution in [0.1, 0.15) is 11.1 Å². The summed E-state index contributed by atoms with van der Waals surface area (Å²) < 4.78 is 1.04. The molecule has 0 aliphatic heterocycles. The lowest BCUT2D eigenvalue weighted by molar-refractivity contribution is -0.129. The molecule has 0 atom stereocenters. The zero-order chi connectivity index (χ0) is 13.7. The van der Waals surface area contributed by atoms with Crippen molar-refractivity contribution in [2.24, 2.45) is 0 Å². The molecule has 0 saturated heterocycles. The van der Waals surface area contributed by atoms with Gasteiger partial charge in [-0.25, -0.2) is 0 Å². The Morgan fingerprint density at radius 2 is 1.68 bits per heavy atom. The third-order valence-corrected chi connectivity index (χ3v) is 3.76. The highest BCUT2D eigenvalue weighted by Crippen LogP contribution is 2.17. The monoisotopic (exact) mass is 317 g/mol. The van der Waals surface area contributed by atoms with Crippen LogP contribution in [-0.4, -0.2) is 17.9 Å². The summed E-state index contributed by atoms with van der Waals surface area (Å²) in [5, 5.41) is 0. The van der Waals surface area contributed by atoms with Gasteiger partial charge in [0.2, 0.25) is 5.91 Å². The molecule has 0 N–H and O–H groups in total. The molecular weight excluding hydrogens is 302 g/mol. The fourth-order valence-electron chi connectivity index (χ4n) is 1.88. The molecule has 19 heavy (non-hydrogen) atoms. The maximum Gasteiger partial charge on any atom is 0.227 e. The number of carbonyl (C=O) groups is 1. The number of likely N-dealkylation sites (N-methyl/N-ethyl adjacent to an activating group) is 1. The normalized spacial score (nSPS) is 10.2. The van der Waals surface area contributed by atoms with E-state index in [1.54, 1.807) is 4.90 Å². The van der Waals surface area contributed by atoms with Crippen molar-refractivity contribution in [1.82, 2.24) is 4.90 Å². The number of benzene rings is 2. The van der Waals surface area contributed by atoms with Gasteiger partial charge in [0, 0.05) is 18.1 Å². The van der Waals surface area contributed by atoms with Crippen LogP contribution in [0.5, 0.6) is 0 Å². The first-order valence-electron chi connectivity index (χ1n) is 6.18. The fourth-order valence-corrected chi connectivity index (χ4v) is 2.29. The Balaban J connectivity index is 1.98. The third-order valence-electron chi connectivity index (χ3n) is 2.99. The molecule has 0 aliphatic rings. The second kappa shape index (κ2) is 6.53. The number of hydrogen-bond acceptors (Lipinski definition) is 1. The minimum atomic E-state index is 0.127. The maximum absolute atomic E-state index is 12.1. The van der Waals surface area contributed by atoms with Gasteiger partial charge in [-0.1, -0.05) is 64.5 Å². The van der Waals surface area contributed by atoms with Gasteiger partial charge < -0.3 is 4.90 Å². The van der Waals surface area contributed by atoms with E-state index in [-0.39, 0.29) is 5.91 Å². The Bertz CT molecular complexity index is 554. The van der Waals surface area contributed by atoms with E-state index in [1.807, 2.05) is 61.6 Å². The Labute approximate surface area is 122 Å². The van der Waals surface area contributed by atoms with Gasteiger partial charge >= 0.3 is 0 Å². The highest BCUT2D eigenvalue weighted by Gasteiger charge is 2.11. The molecule has 2 aromatic rings. The van der Waals surface area contributed by atoms with E-state index in [2.05, 4.69) is 15.9 Å².